The van der Waals surface area contributed by atoms with Gasteiger partial charge in [-0.15, -0.1) is 0 Å². The Morgan fingerprint density at radius 1 is 0.781 bits per heavy atom. The van der Waals surface area contributed by atoms with Crippen molar-refractivity contribution >= 4 is 23.3 Å². The summed E-state index contributed by atoms with van der Waals surface area (Å²) in [7, 11) is 2.13. The number of unbranched alkanes of at least 4 members (excludes halogenated alkanes) is 5. The number of rotatable bonds is 29. The fraction of sp³-hybridized carbons (Fsp3) is 0.558. The molecule has 1 aliphatic carbocycles. The molecule has 1 amide bonds. The quantitative estimate of drug-likeness (QED) is 0.0495. The van der Waals surface area contributed by atoms with Crippen LogP contribution in [0, 0.1) is 11.8 Å². The Kier molecular flexibility index (Phi) is 23.4. The second-order valence-corrected chi connectivity index (χ2v) is 17.5. The van der Waals surface area contributed by atoms with Crippen LogP contribution in [0.1, 0.15) is 125 Å². The van der Waals surface area contributed by atoms with Gasteiger partial charge in [0.1, 0.15) is 5.75 Å². The van der Waals surface area contributed by atoms with Crippen molar-refractivity contribution in [1.29, 1.82) is 0 Å². The molecule has 3 aromatic rings. The number of aliphatic carboxylic acids is 1. The molecule has 3 atom stereocenters. The molecule has 12 nitrogen and oxygen atoms in total. The van der Waals surface area contributed by atoms with Crippen molar-refractivity contribution in [2.45, 2.75) is 109 Å². The first-order chi connectivity index (χ1) is 31.0. The van der Waals surface area contributed by atoms with Gasteiger partial charge in [0, 0.05) is 73.3 Å². The van der Waals surface area contributed by atoms with Crippen molar-refractivity contribution in [3.8, 4) is 5.75 Å². The van der Waals surface area contributed by atoms with E-state index in [-0.39, 0.29) is 18.4 Å². The van der Waals surface area contributed by atoms with Crippen molar-refractivity contribution in [2.75, 3.05) is 71.7 Å². The van der Waals surface area contributed by atoms with E-state index in [9.17, 15) is 9.59 Å². The van der Waals surface area contributed by atoms with Crippen LogP contribution in [0.15, 0.2) is 91.9 Å². The molecule has 2 aliphatic rings. The van der Waals surface area contributed by atoms with Gasteiger partial charge in [0.2, 0.25) is 0 Å². The summed E-state index contributed by atoms with van der Waals surface area (Å²) in [5.74, 6) is 1.99. The number of aromatic nitrogens is 1. The molecule has 4 N–H and O–H groups in total. The van der Waals surface area contributed by atoms with Crippen LogP contribution in [-0.4, -0.2) is 98.8 Å². The number of ether oxygens (including phenoxy) is 4. The summed E-state index contributed by atoms with van der Waals surface area (Å²) in [6, 6.07) is 19.2. The molecule has 5 rings (SSSR count). The zero-order valence-corrected chi connectivity index (χ0v) is 39.2. The molecule has 0 spiro atoms. The fourth-order valence-electron chi connectivity index (χ4n) is 7.54. The predicted octanol–water partition coefficient (Wildman–Crippen LogP) is 9.91. The number of carbonyl (C=O) groups excluding carboxylic acids is 1. The number of hydrogen-bond acceptors (Lipinski definition) is 10. The molecule has 1 saturated carbocycles. The van der Waals surface area contributed by atoms with Gasteiger partial charge in [0.05, 0.1) is 44.6 Å². The van der Waals surface area contributed by atoms with Crippen LogP contribution in [0.3, 0.4) is 0 Å². The van der Waals surface area contributed by atoms with E-state index in [0.29, 0.717) is 58.2 Å². The zero-order chi connectivity index (χ0) is 46.0. The lowest BCUT2D eigenvalue weighted by Crippen LogP contribution is -2.52. The van der Waals surface area contributed by atoms with Gasteiger partial charge in [-0.2, -0.15) is 0 Å². The summed E-state index contributed by atoms with van der Waals surface area (Å²) >= 11 is 0. The van der Waals surface area contributed by atoms with Crippen molar-refractivity contribution in [3.63, 3.8) is 0 Å². The first kappa shape index (κ1) is 51.9. The van der Waals surface area contributed by atoms with E-state index in [2.05, 4.69) is 59.9 Å². The number of piperidine rings is 1. The highest BCUT2D eigenvalue weighted by Gasteiger charge is 2.37. The Balaban J connectivity index is 0.00000138. The molecular formula is C52H77N5O7. The molecule has 2 fully saturated rings. The van der Waals surface area contributed by atoms with Crippen LogP contribution in [-0.2, 0) is 19.0 Å². The van der Waals surface area contributed by atoms with E-state index in [4.69, 9.17) is 24.1 Å². The number of carboxylic acids is 1. The van der Waals surface area contributed by atoms with Crippen LogP contribution in [0.4, 0.5) is 5.69 Å². The number of carbonyl (C=O) groups is 2. The smallest absolute Gasteiger partial charge is 0.303 e. The van der Waals surface area contributed by atoms with Gasteiger partial charge in [-0.3, -0.25) is 14.6 Å². The SMILES string of the molecule is C=C(NC(=C)C1(Nc2cccc(C(=O)N[C@@H](C)c3ccc(OCCCCCCOCCOCCOCCCCCC(=O)O)cc3)c2)CCN(C)CC1)c1ccncc1.CC1CCC1C. The zero-order valence-electron chi connectivity index (χ0n) is 39.2. The summed E-state index contributed by atoms with van der Waals surface area (Å²) in [5, 5.41) is 19.0. The molecule has 1 aliphatic heterocycles. The van der Waals surface area contributed by atoms with Crippen LogP contribution in [0.5, 0.6) is 5.75 Å². The van der Waals surface area contributed by atoms with Crippen LogP contribution >= 0.6 is 0 Å². The number of likely N-dealkylation sites (tertiary alicyclic amines) is 1. The summed E-state index contributed by atoms with van der Waals surface area (Å²) in [5.41, 5.74) is 4.58. The molecule has 1 aromatic heterocycles. The molecule has 64 heavy (non-hydrogen) atoms. The summed E-state index contributed by atoms with van der Waals surface area (Å²) in [6.07, 6.45) is 14.9. The van der Waals surface area contributed by atoms with Gasteiger partial charge in [-0.25, -0.2) is 0 Å². The van der Waals surface area contributed by atoms with E-state index in [1.807, 2.05) is 67.6 Å². The van der Waals surface area contributed by atoms with Crippen molar-refractivity contribution in [3.05, 3.63) is 109 Å². The van der Waals surface area contributed by atoms with Crippen molar-refractivity contribution in [2.24, 2.45) is 11.8 Å². The minimum absolute atomic E-state index is 0.142. The molecule has 1 saturated heterocycles. The number of carboxylic acid groups (broad SMARTS) is 1. The van der Waals surface area contributed by atoms with Gasteiger partial charge in [-0.05, 0) is 119 Å². The Labute approximate surface area is 383 Å². The second-order valence-electron chi connectivity index (χ2n) is 17.5. The number of anilines is 1. The average molecular weight is 884 g/mol. The number of amides is 1. The third-order valence-corrected chi connectivity index (χ3v) is 12.4. The summed E-state index contributed by atoms with van der Waals surface area (Å²) in [6.45, 7) is 21.4. The first-order valence-corrected chi connectivity index (χ1v) is 23.6. The monoisotopic (exact) mass is 884 g/mol. The average Bonchev–Trinajstić information content (AvgIpc) is 3.30. The Bertz CT molecular complexity index is 1810. The maximum absolute atomic E-state index is 13.5. The molecule has 352 valence electrons. The molecule has 0 bridgehead atoms. The van der Waals surface area contributed by atoms with Crippen LogP contribution in [0.25, 0.3) is 5.70 Å². The highest BCUT2D eigenvalue weighted by atomic mass is 16.5. The third-order valence-electron chi connectivity index (χ3n) is 12.4. The van der Waals surface area contributed by atoms with E-state index < -0.39 is 11.5 Å². The van der Waals surface area contributed by atoms with Gasteiger partial charge >= 0.3 is 5.97 Å². The van der Waals surface area contributed by atoms with Crippen molar-refractivity contribution in [1.82, 2.24) is 20.5 Å². The van der Waals surface area contributed by atoms with E-state index >= 15 is 0 Å². The minimum Gasteiger partial charge on any atom is -0.494 e. The Morgan fingerprint density at radius 2 is 1.36 bits per heavy atom. The third kappa shape index (κ3) is 19.2. The largest absolute Gasteiger partial charge is 0.494 e. The Morgan fingerprint density at radius 3 is 1.94 bits per heavy atom. The molecule has 2 heterocycles. The van der Waals surface area contributed by atoms with E-state index in [0.717, 1.165) is 110 Å². The number of nitrogens with one attached hydrogen (secondary N) is 3. The van der Waals surface area contributed by atoms with E-state index in [1.54, 1.807) is 12.4 Å². The summed E-state index contributed by atoms with van der Waals surface area (Å²) < 4.78 is 22.7. The number of hydrogen-bond donors (Lipinski definition) is 4. The number of benzene rings is 2. The highest BCUT2D eigenvalue weighted by Crippen LogP contribution is 2.34. The van der Waals surface area contributed by atoms with Crippen LogP contribution in [0.2, 0.25) is 0 Å². The van der Waals surface area contributed by atoms with Gasteiger partial charge in [0.25, 0.3) is 5.91 Å². The molecule has 2 unspecified atom stereocenters. The lowest BCUT2D eigenvalue weighted by molar-refractivity contribution is -0.137. The topological polar surface area (TPSA) is 144 Å². The lowest BCUT2D eigenvalue weighted by Gasteiger charge is -2.43. The van der Waals surface area contributed by atoms with E-state index in [1.165, 1.54) is 12.8 Å². The van der Waals surface area contributed by atoms with Gasteiger partial charge < -0.3 is 44.9 Å². The highest BCUT2D eigenvalue weighted by molar-refractivity contribution is 5.95. The normalized spacial score (nSPS) is 17.2. The minimum atomic E-state index is -0.746. The standard InChI is InChI=1S/C46H65N5O7.C6H12/c1-36(40-20-24-47-25-21-40)48-38(3)46(22-26-51(4)27-23-46)50-42-14-12-13-41(35-42)45(54)49-37(2)39-16-18-43(19-17-39)58-30-11-6-5-9-28-55-31-33-57-34-32-56-29-10-7-8-15-44(52)53;1-5-3-4-6(5)2/h12-14,16-21,24-25,35,37,48,50H,1,3,5-11,15,22-23,26-34H2,2,4H3,(H,49,54)(H,52,53);5-6H,3-4H2,1-2H3/t37-;/m0./s1. The number of pyridine rings is 1. The number of nitrogens with zero attached hydrogens (tertiary/aromatic N) is 2. The summed E-state index contributed by atoms with van der Waals surface area (Å²) in [4.78, 5) is 30.4. The molecular weight excluding hydrogens is 807 g/mol. The van der Waals surface area contributed by atoms with Crippen LogP contribution < -0.4 is 20.7 Å². The first-order valence-electron chi connectivity index (χ1n) is 23.6. The maximum Gasteiger partial charge on any atom is 0.303 e. The maximum atomic E-state index is 13.5. The van der Waals surface area contributed by atoms with Gasteiger partial charge in [-0.1, -0.05) is 70.9 Å². The van der Waals surface area contributed by atoms with Crippen molar-refractivity contribution < 1.29 is 33.6 Å². The molecule has 2 aromatic carbocycles. The second kappa shape index (κ2) is 28.9. The lowest BCUT2D eigenvalue weighted by atomic mass is 9.77. The van der Waals surface area contributed by atoms with Gasteiger partial charge in [0.15, 0.2) is 0 Å². The fourth-order valence-corrected chi connectivity index (χ4v) is 7.54. The molecule has 12 heteroatoms. The predicted molar refractivity (Wildman–Crippen MR) is 257 cm³/mol. The molecule has 0 radical (unpaired) electrons. The Hall–Kier alpha value is -4.75.